The Morgan fingerprint density at radius 2 is 1.84 bits per heavy atom. The van der Waals surface area contributed by atoms with Crippen LogP contribution in [-0.2, 0) is 6.42 Å². The Labute approximate surface area is 188 Å². The lowest BCUT2D eigenvalue weighted by molar-refractivity contribution is 0.399. The van der Waals surface area contributed by atoms with Crippen molar-refractivity contribution in [1.29, 1.82) is 5.26 Å². The molecule has 3 aromatic heterocycles. The van der Waals surface area contributed by atoms with Gasteiger partial charge in [0, 0.05) is 18.8 Å². The molecule has 0 fully saturated rings. The molecule has 0 unspecified atom stereocenters. The van der Waals surface area contributed by atoms with Gasteiger partial charge in [-0.05, 0) is 58.6 Å². The summed E-state index contributed by atoms with van der Waals surface area (Å²) in [4.78, 5) is 15.8. The van der Waals surface area contributed by atoms with Gasteiger partial charge < -0.3 is 9.32 Å². The molecule has 8 heteroatoms. The van der Waals surface area contributed by atoms with Crippen molar-refractivity contribution < 1.29 is 5.84 Å². The molecular formula is C24H25N7O. The Morgan fingerprint density at radius 1 is 1.06 bits per heavy atom. The van der Waals surface area contributed by atoms with Gasteiger partial charge in [-0.25, -0.2) is 4.98 Å². The molecule has 0 radical (unpaired) electrons. The molecule has 0 aliphatic heterocycles. The van der Waals surface area contributed by atoms with Gasteiger partial charge in [-0.2, -0.15) is 5.26 Å². The third kappa shape index (κ3) is 4.53. The van der Waals surface area contributed by atoms with E-state index in [1.165, 1.54) is 0 Å². The van der Waals surface area contributed by atoms with E-state index in [1.54, 1.807) is 18.5 Å². The highest BCUT2D eigenvalue weighted by atomic mass is 16.4. The molecule has 32 heavy (non-hydrogen) atoms. The van der Waals surface area contributed by atoms with E-state index in [4.69, 9.17) is 9.40 Å². The molecule has 1 aromatic carbocycles. The van der Waals surface area contributed by atoms with Crippen LogP contribution in [0.2, 0.25) is 0 Å². The zero-order chi connectivity index (χ0) is 22.5. The summed E-state index contributed by atoms with van der Waals surface area (Å²) >= 11 is 0. The third-order valence-electron chi connectivity index (χ3n) is 5.04. The lowest BCUT2D eigenvalue weighted by Crippen LogP contribution is -2.14. The molecule has 0 aliphatic carbocycles. The smallest absolute Gasteiger partial charge is 0.268 e. The fourth-order valence-electron chi connectivity index (χ4n) is 3.39. The first-order valence-corrected chi connectivity index (χ1v) is 10.3. The van der Waals surface area contributed by atoms with Crippen molar-refractivity contribution in [2.75, 3.05) is 20.6 Å². The van der Waals surface area contributed by atoms with Crippen molar-refractivity contribution in [3.63, 3.8) is 0 Å². The van der Waals surface area contributed by atoms with Crippen LogP contribution in [0.15, 0.2) is 53.2 Å². The van der Waals surface area contributed by atoms with E-state index in [1.807, 2.05) is 51.4 Å². The Bertz CT molecular complexity index is 1270. The van der Waals surface area contributed by atoms with Crippen molar-refractivity contribution in [1.82, 2.24) is 30.0 Å². The zero-order valence-electron chi connectivity index (χ0n) is 18.3. The average molecular weight is 428 g/mol. The molecule has 0 saturated heterocycles. The molecule has 0 amide bonds. The summed E-state index contributed by atoms with van der Waals surface area (Å²) in [5, 5.41) is 18.2. The fourth-order valence-corrected chi connectivity index (χ4v) is 3.39. The van der Waals surface area contributed by atoms with Crippen LogP contribution in [0.5, 0.6) is 0 Å². The monoisotopic (exact) mass is 427 g/mol. The topological polar surface area (TPSA) is 105 Å². The number of aryl methyl sites for hydroxylation is 2. The van der Waals surface area contributed by atoms with E-state index in [-0.39, 0.29) is 7.32 Å². The second kappa shape index (κ2) is 9.45. The molecular weight excluding hydrogens is 402 g/mol. The molecule has 8 nitrogen and oxygen atoms in total. The van der Waals surface area contributed by atoms with E-state index in [0.29, 0.717) is 40.5 Å². The van der Waals surface area contributed by atoms with Crippen LogP contribution in [0.3, 0.4) is 0 Å². The minimum Gasteiger partial charge on any atom is -0.415 e. The van der Waals surface area contributed by atoms with Crippen molar-refractivity contribution in [2.45, 2.75) is 19.8 Å². The summed E-state index contributed by atoms with van der Waals surface area (Å²) in [6.07, 6.45) is 4.99. The predicted molar refractivity (Wildman–Crippen MR) is 122 cm³/mol. The minimum atomic E-state index is 0. The van der Waals surface area contributed by atoms with Crippen molar-refractivity contribution >= 4 is 0 Å². The van der Waals surface area contributed by atoms with Crippen LogP contribution in [-0.4, -0.2) is 50.7 Å². The Balaban J connectivity index is 0.00000306. The van der Waals surface area contributed by atoms with Crippen LogP contribution >= 0.6 is 0 Å². The number of aromatic nitrogens is 5. The summed E-state index contributed by atoms with van der Waals surface area (Å²) in [5.74, 6) is 0.700. The SMILES string of the molecule is Cc1ncc(-c2ccnc(CCCN(C)C)c2C#N)nc1-c1nnc(-c2ccccc2)o1.[HH]. The first kappa shape index (κ1) is 21.3. The molecule has 0 spiro atoms. The van der Waals surface area contributed by atoms with Crippen LogP contribution in [0.1, 0.15) is 24.8 Å². The number of nitrogens with zero attached hydrogens (tertiary/aromatic N) is 7. The Hall–Kier alpha value is -3.96. The number of hydrogen-bond acceptors (Lipinski definition) is 8. The van der Waals surface area contributed by atoms with Crippen molar-refractivity contribution in [2.24, 2.45) is 0 Å². The number of hydrogen-bond donors (Lipinski definition) is 0. The second-order valence-electron chi connectivity index (χ2n) is 7.67. The standard InChI is InChI=1S/C24H23N7O.H2/c1-16-22(24-30-29-23(32-24)17-8-5-4-6-9-17)28-21(15-27-16)18-11-12-26-20(19(18)14-25)10-7-13-31(2)3;/h4-6,8-9,11-12,15H,7,10,13H2,1-3H3;1H. The highest BCUT2D eigenvalue weighted by Crippen LogP contribution is 2.28. The van der Waals surface area contributed by atoms with E-state index in [2.05, 4.69) is 31.1 Å². The maximum atomic E-state index is 9.85. The van der Waals surface area contributed by atoms with Crippen LogP contribution in [0.25, 0.3) is 34.3 Å². The van der Waals surface area contributed by atoms with E-state index < -0.39 is 0 Å². The number of rotatable bonds is 7. The van der Waals surface area contributed by atoms with Crippen molar-refractivity contribution in [3.05, 3.63) is 65.7 Å². The predicted octanol–water partition coefficient (Wildman–Crippen LogP) is 4.18. The third-order valence-corrected chi connectivity index (χ3v) is 5.04. The van der Waals surface area contributed by atoms with Gasteiger partial charge >= 0.3 is 0 Å². The number of benzene rings is 1. The maximum absolute atomic E-state index is 9.85. The second-order valence-corrected chi connectivity index (χ2v) is 7.67. The highest BCUT2D eigenvalue weighted by molar-refractivity contribution is 5.69. The first-order valence-electron chi connectivity index (χ1n) is 10.3. The summed E-state index contributed by atoms with van der Waals surface area (Å²) in [6, 6.07) is 13.7. The maximum Gasteiger partial charge on any atom is 0.268 e. The molecule has 0 atom stereocenters. The largest absolute Gasteiger partial charge is 0.415 e. The average Bonchev–Trinajstić information content (AvgIpc) is 3.30. The van der Waals surface area contributed by atoms with Gasteiger partial charge in [0.25, 0.3) is 5.89 Å². The van der Waals surface area contributed by atoms with Crippen molar-refractivity contribution in [3.8, 4) is 40.4 Å². The van der Waals surface area contributed by atoms with Gasteiger partial charge in [0.05, 0.1) is 28.8 Å². The van der Waals surface area contributed by atoms with E-state index in [0.717, 1.165) is 24.2 Å². The minimum absolute atomic E-state index is 0. The van der Waals surface area contributed by atoms with Gasteiger partial charge in [0.15, 0.2) is 0 Å². The molecule has 0 bridgehead atoms. The summed E-state index contributed by atoms with van der Waals surface area (Å²) in [6.45, 7) is 2.76. The zero-order valence-corrected chi connectivity index (χ0v) is 18.3. The fraction of sp³-hybridized carbons (Fsp3) is 0.250. The van der Waals surface area contributed by atoms with Crippen LogP contribution in [0, 0.1) is 18.3 Å². The molecule has 0 N–H and O–H groups in total. The van der Waals surface area contributed by atoms with Crippen LogP contribution < -0.4 is 0 Å². The first-order chi connectivity index (χ1) is 15.6. The molecule has 0 aliphatic rings. The molecule has 0 saturated carbocycles. The number of pyridine rings is 1. The highest BCUT2D eigenvalue weighted by Gasteiger charge is 2.18. The lowest BCUT2D eigenvalue weighted by atomic mass is 10.0. The van der Waals surface area contributed by atoms with Gasteiger partial charge in [0.1, 0.15) is 11.8 Å². The lowest BCUT2D eigenvalue weighted by Gasteiger charge is -2.11. The van der Waals surface area contributed by atoms with Gasteiger partial charge in [0.2, 0.25) is 5.89 Å². The summed E-state index contributed by atoms with van der Waals surface area (Å²) in [7, 11) is 4.05. The van der Waals surface area contributed by atoms with Gasteiger partial charge in [-0.3, -0.25) is 9.97 Å². The molecule has 4 aromatic rings. The van der Waals surface area contributed by atoms with E-state index >= 15 is 0 Å². The van der Waals surface area contributed by atoms with Gasteiger partial charge in [-0.1, -0.05) is 18.2 Å². The van der Waals surface area contributed by atoms with Gasteiger partial charge in [-0.15, -0.1) is 10.2 Å². The number of nitriles is 1. The Kier molecular flexibility index (Phi) is 6.29. The quantitative estimate of drug-likeness (QED) is 0.433. The molecule has 3 heterocycles. The van der Waals surface area contributed by atoms with Crippen LogP contribution in [0.4, 0.5) is 0 Å². The van der Waals surface area contributed by atoms with E-state index in [9.17, 15) is 5.26 Å². The normalized spacial score (nSPS) is 11.0. The summed E-state index contributed by atoms with van der Waals surface area (Å²) < 4.78 is 5.88. The Morgan fingerprint density at radius 3 is 2.59 bits per heavy atom. The molecule has 4 rings (SSSR count). The molecule has 162 valence electrons. The summed E-state index contributed by atoms with van der Waals surface area (Å²) in [5.41, 5.74) is 4.53.